The number of para-hydroxylation sites is 2. The summed E-state index contributed by atoms with van der Waals surface area (Å²) in [5, 5.41) is 11.4. The molecule has 0 radical (unpaired) electrons. The molecular weight excluding hydrogens is 623 g/mol. The average Bonchev–Trinajstić information content (AvgIpc) is 3.76. The number of furan rings is 2. The summed E-state index contributed by atoms with van der Waals surface area (Å²) in [6.07, 6.45) is 0. The van der Waals surface area contributed by atoms with Crippen LogP contribution in [-0.4, -0.2) is 0 Å². The molecule has 3 heteroatoms. The van der Waals surface area contributed by atoms with Gasteiger partial charge in [-0.25, -0.2) is 0 Å². The van der Waals surface area contributed by atoms with Crippen LogP contribution in [0.2, 0.25) is 0 Å². The second kappa shape index (κ2) is 10.8. The van der Waals surface area contributed by atoms with E-state index < -0.39 is 0 Å². The second-order valence-electron chi connectivity index (χ2n) is 13.3. The number of rotatable bonds is 4. The standard InChI is InChI=1S/C48H29NO2/c1-2-11-33-27-36(20-19-30(33)9-1)31-21-24-37(25-22-31)49(43-17-8-16-40-42-28-34-12-3-4-13-35(34)29-45(42)50-47(40)43)44-18-7-15-39-41-26-23-32-10-5-6-14-38(32)46(41)51-48(39)44/h1-29H. The highest BCUT2D eigenvalue weighted by atomic mass is 16.3. The zero-order chi connectivity index (χ0) is 33.5. The van der Waals surface area contributed by atoms with Gasteiger partial charge in [0, 0.05) is 32.6 Å². The van der Waals surface area contributed by atoms with Crippen LogP contribution in [0.1, 0.15) is 0 Å². The normalized spacial score (nSPS) is 11.9. The van der Waals surface area contributed by atoms with E-state index in [-0.39, 0.29) is 0 Å². The van der Waals surface area contributed by atoms with Crippen molar-refractivity contribution < 1.29 is 8.83 Å². The zero-order valence-electron chi connectivity index (χ0n) is 27.5. The van der Waals surface area contributed by atoms with Gasteiger partial charge in [0.1, 0.15) is 11.2 Å². The van der Waals surface area contributed by atoms with Crippen molar-refractivity contribution in [1.82, 2.24) is 0 Å². The van der Waals surface area contributed by atoms with Gasteiger partial charge in [0.2, 0.25) is 0 Å². The number of hydrogen-bond donors (Lipinski definition) is 0. The molecule has 51 heavy (non-hydrogen) atoms. The van der Waals surface area contributed by atoms with Crippen LogP contribution in [0.5, 0.6) is 0 Å². The molecule has 9 aromatic carbocycles. The van der Waals surface area contributed by atoms with E-state index in [4.69, 9.17) is 8.83 Å². The summed E-state index contributed by atoms with van der Waals surface area (Å²) in [6, 6.07) is 62.5. The number of fused-ring (bicyclic) bond motifs is 10. The van der Waals surface area contributed by atoms with E-state index in [1.807, 2.05) is 0 Å². The molecule has 2 heterocycles. The summed E-state index contributed by atoms with van der Waals surface area (Å²) in [4.78, 5) is 2.29. The highest BCUT2D eigenvalue weighted by Gasteiger charge is 2.24. The third kappa shape index (κ3) is 4.32. The molecule has 0 bridgehead atoms. The van der Waals surface area contributed by atoms with Crippen molar-refractivity contribution in [3.63, 3.8) is 0 Å². The molecule has 238 valence electrons. The molecule has 0 saturated heterocycles. The molecule has 0 unspecified atom stereocenters. The number of anilines is 3. The summed E-state index contributed by atoms with van der Waals surface area (Å²) >= 11 is 0. The molecule has 11 rings (SSSR count). The average molecular weight is 652 g/mol. The van der Waals surface area contributed by atoms with Crippen LogP contribution in [0.25, 0.3) is 87.3 Å². The van der Waals surface area contributed by atoms with E-state index in [2.05, 4.69) is 181 Å². The molecular formula is C48H29NO2. The first-order valence-corrected chi connectivity index (χ1v) is 17.3. The molecule has 3 nitrogen and oxygen atoms in total. The highest BCUT2D eigenvalue weighted by molar-refractivity contribution is 6.19. The molecule has 0 amide bonds. The topological polar surface area (TPSA) is 29.5 Å². The smallest absolute Gasteiger partial charge is 0.159 e. The van der Waals surface area contributed by atoms with Gasteiger partial charge in [-0.05, 0) is 86.6 Å². The predicted octanol–water partition coefficient (Wildman–Crippen LogP) is 14.1. The summed E-state index contributed by atoms with van der Waals surface area (Å²) in [5.41, 5.74) is 8.69. The van der Waals surface area contributed by atoms with Crippen molar-refractivity contribution in [2.75, 3.05) is 4.90 Å². The quantitative estimate of drug-likeness (QED) is 0.190. The van der Waals surface area contributed by atoms with Crippen LogP contribution in [0.15, 0.2) is 185 Å². The Morgan fingerprint density at radius 2 is 0.863 bits per heavy atom. The highest BCUT2D eigenvalue weighted by Crippen LogP contribution is 2.47. The van der Waals surface area contributed by atoms with Gasteiger partial charge in [-0.3, -0.25) is 0 Å². The van der Waals surface area contributed by atoms with Crippen LogP contribution >= 0.6 is 0 Å². The summed E-state index contributed by atoms with van der Waals surface area (Å²) in [5.74, 6) is 0. The molecule has 0 N–H and O–H groups in total. The molecule has 0 spiro atoms. The van der Waals surface area contributed by atoms with Gasteiger partial charge in [0.05, 0.1) is 11.4 Å². The first-order chi connectivity index (χ1) is 25.3. The van der Waals surface area contributed by atoms with Gasteiger partial charge < -0.3 is 13.7 Å². The largest absolute Gasteiger partial charge is 0.454 e. The Labute approximate surface area is 293 Å². The fourth-order valence-electron chi connectivity index (χ4n) is 7.91. The lowest BCUT2D eigenvalue weighted by Crippen LogP contribution is -2.10. The Bertz CT molecular complexity index is 3150. The summed E-state index contributed by atoms with van der Waals surface area (Å²) in [6.45, 7) is 0. The van der Waals surface area contributed by atoms with E-state index in [1.54, 1.807) is 0 Å². The summed E-state index contributed by atoms with van der Waals surface area (Å²) < 4.78 is 13.7. The van der Waals surface area contributed by atoms with Gasteiger partial charge in [-0.2, -0.15) is 0 Å². The SMILES string of the molecule is c1ccc2cc(-c3ccc(N(c4cccc5c4oc4cc6ccccc6cc45)c4cccc5c4oc4c6ccccc6ccc54)cc3)ccc2c1. The fourth-order valence-corrected chi connectivity index (χ4v) is 7.91. The Kier molecular flexibility index (Phi) is 5.96. The lowest BCUT2D eigenvalue weighted by molar-refractivity contribution is 0.668. The van der Waals surface area contributed by atoms with Gasteiger partial charge in [-0.1, -0.05) is 127 Å². The van der Waals surface area contributed by atoms with Crippen LogP contribution in [0.3, 0.4) is 0 Å². The van der Waals surface area contributed by atoms with E-state index in [9.17, 15) is 0 Å². The molecule has 0 atom stereocenters. The van der Waals surface area contributed by atoms with Crippen molar-refractivity contribution in [1.29, 1.82) is 0 Å². The van der Waals surface area contributed by atoms with Gasteiger partial charge in [-0.15, -0.1) is 0 Å². The maximum Gasteiger partial charge on any atom is 0.159 e. The minimum absolute atomic E-state index is 0.833. The number of nitrogens with zero attached hydrogens (tertiary/aromatic N) is 1. The number of hydrogen-bond acceptors (Lipinski definition) is 3. The number of benzene rings is 9. The van der Waals surface area contributed by atoms with Gasteiger partial charge >= 0.3 is 0 Å². The zero-order valence-corrected chi connectivity index (χ0v) is 27.5. The maximum atomic E-state index is 6.91. The van der Waals surface area contributed by atoms with Crippen LogP contribution in [0, 0.1) is 0 Å². The van der Waals surface area contributed by atoms with Crippen molar-refractivity contribution in [3.8, 4) is 11.1 Å². The predicted molar refractivity (Wildman–Crippen MR) is 214 cm³/mol. The first kappa shape index (κ1) is 28.0. The lowest BCUT2D eigenvalue weighted by atomic mass is 10.0. The Balaban J connectivity index is 1.16. The van der Waals surface area contributed by atoms with Crippen molar-refractivity contribution in [3.05, 3.63) is 176 Å². The molecule has 0 aliphatic heterocycles. The van der Waals surface area contributed by atoms with Crippen molar-refractivity contribution >= 4 is 93.3 Å². The molecule has 0 aliphatic carbocycles. The van der Waals surface area contributed by atoms with E-state index >= 15 is 0 Å². The van der Waals surface area contributed by atoms with Gasteiger partial charge in [0.25, 0.3) is 0 Å². The fraction of sp³-hybridized carbons (Fsp3) is 0. The van der Waals surface area contributed by atoms with Crippen LogP contribution < -0.4 is 4.90 Å². The molecule has 11 aromatic rings. The minimum Gasteiger partial charge on any atom is -0.454 e. The Hall–Kier alpha value is -6.84. The van der Waals surface area contributed by atoms with Crippen LogP contribution in [-0.2, 0) is 0 Å². The first-order valence-electron chi connectivity index (χ1n) is 17.3. The molecule has 0 aliphatic rings. The summed E-state index contributed by atoms with van der Waals surface area (Å²) in [7, 11) is 0. The maximum absolute atomic E-state index is 6.91. The van der Waals surface area contributed by atoms with Gasteiger partial charge in [0.15, 0.2) is 11.2 Å². The lowest BCUT2D eigenvalue weighted by Gasteiger charge is -2.25. The van der Waals surface area contributed by atoms with E-state index in [0.29, 0.717) is 0 Å². The third-order valence-electron chi connectivity index (χ3n) is 10.4. The van der Waals surface area contributed by atoms with Crippen LogP contribution in [0.4, 0.5) is 17.1 Å². The Morgan fingerprint density at radius 3 is 1.63 bits per heavy atom. The molecule has 2 aromatic heterocycles. The second-order valence-corrected chi connectivity index (χ2v) is 13.3. The van der Waals surface area contributed by atoms with E-state index in [0.717, 1.165) is 82.7 Å². The van der Waals surface area contributed by atoms with Crippen molar-refractivity contribution in [2.45, 2.75) is 0 Å². The monoisotopic (exact) mass is 651 g/mol. The molecule has 0 saturated carbocycles. The Morgan fingerprint density at radius 1 is 0.314 bits per heavy atom. The van der Waals surface area contributed by atoms with E-state index in [1.165, 1.54) is 21.7 Å². The van der Waals surface area contributed by atoms with Crippen molar-refractivity contribution in [2.24, 2.45) is 0 Å². The minimum atomic E-state index is 0.833. The third-order valence-corrected chi connectivity index (χ3v) is 10.4. The molecule has 0 fully saturated rings.